The minimum Gasteiger partial charge on any atom is -0.472 e. The van der Waals surface area contributed by atoms with E-state index < -0.39 is 0 Å². The monoisotopic (exact) mass is 341 g/mol. The van der Waals surface area contributed by atoms with Gasteiger partial charge in [-0.05, 0) is 28.9 Å². The van der Waals surface area contributed by atoms with Crippen molar-refractivity contribution in [2.75, 3.05) is 11.9 Å². The number of ether oxygens (including phenoxy) is 1. The minimum absolute atomic E-state index is 0.362. The van der Waals surface area contributed by atoms with Gasteiger partial charge < -0.3 is 10.1 Å². The normalized spacial score (nSPS) is 10.3. The fourth-order valence-electron chi connectivity index (χ4n) is 1.51. The summed E-state index contributed by atoms with van der Waals surface area (Å²) in [4.78, 5) is 8.23. The Labute approximate surface area is 125 Å². The molecule has 2 rings (SSSR count). The van der Waals surface area contributed by atoms with Crippen molar-refractivity contribution in [2.45, 2.75) is 13.5 Å². The first kappa shape index (κ1) is 14.1. The highest BCUT2D eigenvalue weighted by Crippen LogP contribution is 2.29. The number of hydrogen-bond donors (Lipinski definition) is 1. The van der Waals surface area contributed by atoms with E-state index in [1.807, 2.05) is 31.2 Å². The van der Waals surface area contributed by atoms with Crippen LogP contribution < -0.4 is 10.1 Å². The molecule has 0 spiro atoms. The number of hydrogen-bond acceptors (Lipinski definition) is 4. The fourth-order valence-corrected chi connectivity index (χ4v) is 2.16. The number of aromatic nitrogens is 2. The predicted octanol–water partition coefficient (Wildman–Crippen LogP) is 3.90. The standard InChI is InChI=1S/C13H13BrClN3O/c1-2-16-12-11(14)13(18-8-17-12)19-7-9-5-3-4-6-10(9)15/h3-6,8H,2,7H2,1H3,(H,16,17,18). The SMILES string of the molecule is CCNc1ncnc(OCc2ccccc2Cl)c1Br. The molecule has 1 heterocycles. The Kier molecular flexibility index (Phi) is 4.99. The van der Waals surface area contributed by atoms with E-state index in [1.54, 1.807) is 0 Å². The van der Waals surface area contributed by atoms with Gasteiger partial charge in [0.2, 0.25) is 5.88 Å². The van der Waals surface area contributed by atoms with Crippen LogP contribution in [0.1, 0.15) is 12.5 Å². The molecular weight excluding hydrogens is 330 g/mol. The molecule has 100 valence electrons. The Morgan fingerprint density at radius 1 is 1.32 bits per heavy atom. The smallest absolute Gasteiger partial charge is 0.233 e. The number of anilines is 1. The van der Waals surface area contributed by atoms with E-state index in [4.69, 9.17) is 16.3 Å². The van der Waals surface area contributed by atoms with E-state index in [0.717, 1.165) is 12.1 Å². The highest BCUT2D eigenvalue weighted by Gasteiger charge is 2.10. The number of halogens is 2. The quantitative estimate of drug-likeness (QED) is 0.895. The maximum Gasteiger partial charge on any atom is 0.233 e. The van der Waals surface area contributed by atoms with E-state index in [0.29, 0.717) is 27.8 Å². The lowest BCUT2D eigenvalue weighted by atomic mass is 10.2. The Morgan fingerprint density at radius 2 is 2.11 bits per heavy atom. The summed E-state index contributed by atoms with van der Waals surface area (Å²) in [5.74, 6) is 1.21. The van der Waals surface area contributed by atoms with Crippen LogP contribution in [-0.2, 0) is 6.61 Å². The van der Waals surface area contributed by atoms with E-state index in [2.05, 4.69) is 31.2 Å². The van der Waals surface area contributed by atoms with Gasteiger partial charge in [0.25, 0.3) is 0 Å². The third-order valence-corrected chi connectivity index (χ3v) is 3.51. The van der Waals surface area contributed by atoms with Gasteiger partial charge in [-0.1, -0.05) is 29.8 Å². The number of nitrogens with zero attached hydrogens (tertiary/aromatic N) is 2. The first-order valence-corrected chi connectivity index (χ1v) is 7.00. The van der Waals surface area contributed by atoms with Gasteiger partial charge in [-0.3, -0.25) is 0 Å². The molecule has 1 N–H and O–H groups in total. The van der Waals surface area contributed by atoms with Gasteiger partial charge >= 0.3 is 0 Å². The van der Waals surface area contributed by atoms with Crippen molar-refractivity contribution in [1.82, 2.24) is 9.97 Å². The summed E-state index contributed by atoms with van der Waals surface area (Å²) >= 11 is 9.50. The van der Waals surface area contributed by atoms with Crippen LogP contribution in [0.5, 0.6) is 5.88 Å². The summed E-state index contributed by atoms with van der Waals surface area (Å²) in [7, 11) is 0. The van der Waals surface area contributed by atoms with Crippen molar-refractivity contribution < 1.29 is 4.74 Å². The molecule has 19 heavy (non-hydrogen) atoms. The van der Waals surface area contributed by atoms with Crippen molar-refractivity contribution in [3.05, 3.63) is 45.7 Å². The average molecular weight is 343 g/mol. The number of rotatable bonds is 5. The van der Waals surface area contributed by atoms with Gasteiger partial charge in [-0.25, -0.2) is 9.97 Å². The van der Waals surface area contributed by atoms with Crippen LogP contribution in [0.15, 0.2) is 35.1 Å². The Balaban J connectivity index is 2.12. The second-order valence-electron chi connectivity index (χ2n) is 3.75. The predicted molar refractivity (Wildman–Crippen MR) is 79.7 cm³/mol. The molecule has 0 atom stereocenters. The fraction of sp³-hybridized carbons (Fsp3) is 0.231. The molecule has 0 radical (unpaired) electrons. The molecule has 0 saturated heterocycles. The maximum atomic E-state index is 6.07. The Hall–Kier alpha value is -1.33. The largest absolute Gasteiger partial charge is 0.472 e. The Morgan fingerprint density at radius 3 is 2.84 bits per heavy atom. The highest BCUT2D eigenvalue weighted by molar-refractivity contribution is 9.10. The van der Waals surface area contributed by atoms with Crippen molar-refractivity contribution in [2.24, 2.45) is 0 Å². The number of benzene rings is 1. The molecule has 0 amide bonds. The summed E-state index contributed by atoms with van der Waals surface area (Å²) in [6.07, 6.45) is 1.46. The van der Waals surface area contributed by atoms with Crippen LogP contribution in [0.3, 0.4) is 0 Å². The highest BCUT2D eigenvalue weighted by atomic mass is 79.9. The maximum absolute atomic E-state index is 6.07. The summed E-state index contributed by atoms with van der Waals surface area (Å²) in [6.45, 7) is 3.14. The van der Waals surface area contributed by atoms with E-state index in [9.17, 15) is 0 Å². The van der Waals surface area contributed by atoms with Crippen LogP contribution in [0.4, 0.5) is 5.82 Å². The molecule has 0 aliphatic heterocycles. The van der Waals surface area contributed by atoms with Crippen molar-refractivity contribution in [3.63, 3.8) is 0 Å². The molecule has 4 nitrogen and oxygen atoms in total. The van der Waals surface area contributed by atoms with E-state index in [-0.39, 0.29) is 0 Å². The molecule has 0 fully saturated rings. The van der Waals surface area contributed by atoms with Crippen molar-refractivity contribution >= 4 is 33.3 Å². The van der Waals surface area contributed by atoms with Gasteiger partial charge in [0.15, 0.2) is 0 Å². The zero-order chi connectivity index (χ0) is 13.7. The lowest BCUT2D eigenvalue weighted by Gasteiger charge is -2.10. The average Bonchev–Trinajstić information content (AvgIpc) is 2.42. The van der Waals surface area contributed by atoms with Crippen LogP contribution in [0.25, 0.3) is 0 Å². The zero-order valence-corrected chi connectivity index (χ0v) is 12.7. The lowest BCUT2D eigenvalue weighted by Crippen LogP contribution is -2.04. The van der Waals surface area contributed by atoms with Crippen LogP contribution in [-0.4, -0.2) is 16.5 Å². The summed E-state index contributed by atoms with van der Waals surface area (Å²) in [6, 6.07) is 7.56. The van der Waals surface area contributed by atoms with E-state index in [1.165, 1.54) is 6.33 Å². The molecule has 0 unspecified atom stereocenters. The first-order valence-electron chi connectivity index (χ1n) is 5.83. The van der Waals surface area contributed by atoms with Gasteiger partial charge in [0.05, 0.1) is 0 Å². The molecule has 1 aromatic heterocycles. The molecule has 2 aromatic rings. The van der Waals surface area contributed by atoms with Crippen LogP contribution in [0, 0.1) is 0 Å². The third kappa shape index (κ3) is 3.58. The zero-order valence-electron chi connectivity index (χ0n) is 10.4. The van der Waals surface area contributed by atoms with E-state index >= 15 is 0 Å². The minimum atomic E-state index is 0.362. The van der Waals surface area contributed by atoms with Crippen LogP contribution >= 0.6 is 27.5 Å². The van der Waals surface area contributed by atoms with Gasteiger partial charge in [0, 0.05) is 17.1 Å². The molecular formula is C13H13BrClN3O. The topological polar surface area (TPSA) is 47.0 Å². The second-order valence-corrected chi connectivity index (χ2v) is 4.95. The van der Waals surface area contributed by atoms with Gasteiger partial charge in [0.1, 0.15) is 23.2 Å². The van der Waals surface area contributed by atoms with Crippen molar-refractivity contribution in [1.29, 1.82) is 0 Å². The van der Waals surface area contributed by atoms with Gasteiger partial charge in [-0.2, -0.15) is 0 Å². The summed E-state index contributed by atoms with van der Waals surface area (Å²) < 4.78 is 6.38. The molecule has 0 aliphatic rings. The first-order chi connectivity index (χ1) is 9.22. The van der Waals surface area contributed by atoms with Crippen LogP contribution in [0.2, 0.25) is 5.02 Å². The van der Waals surface area contributed by atoms with Crippen molar-refractivity contribution in [3.8, 4) is 5.88 Å². The molecule has 0 saturated carbocycles. The number of nitrogens with one attached hydrogen (secondary N) is 1. The molecule has 1 aromatic carbocycles. The third-order valence-electron chi connectivity index (χ3n) is 2.42. The molecule has 6 heteroatoms. The lowest BCUT2D eigenvalue weighted by molar-refractivity contribution is 0.291. The summed E-state index contributed by atoms with van der Waals surface area (Å²) in [5.41, 5.74) is 0.916. The Bertz CT molecular complexity index is 565. The van der Waals surface area contributed by atoms with Gasteiger partial charge in [-0.15, -0.1) is 0 Å². The molecule has 0 bridgehead atoms. The summed E-state index contributed by atoms with van der Waals surface area (Å²) in [5, 5.41) is 3.80. The molecule has 0 aliphatic carbocycles. The second kappa shape index (κ2) is 6.73.